The molecule has 1 atom stereocenters. The van der Waals surface area contributed by atoms with E-state index in [0.717, 1.165) is 0 Å². The van der Waals surface area contributed by atoms with Crippen LogP contribution in [0.5, 0.6) is 5.75 Å². The fourth-order valence-electron chi connectivity index (χ4n) is 4.11. The van der Waals surface area contributed by atoms with Crippen LogP contribution in [0, 0.1) is 29.5 Å². The summed E-state index contributed by atoms with van der Waals surface area (Å²) in [4.78, 5) is 30.0. The standard InChI is InChI=1S/C25H31FN4O4S/c1-14(2)28-24(33)25(4,5)12-30-13-29(23-21(22(30)32)15(3)20(10-27)35-23)11-18(31)17-9-16(26)7-8-19(17)34-6/h7-9,14,18,31H,11-13H2,1-6H3,(H,28,33). The van der Waals surface area contributed by atoms with E-state index in [4.69, 9.17) is 4.74 Å². The predicted octanol–water partition coefficient (Wildman–Crippen LogP) is 3.58. The zero-order chi connectivity index (χ0) is 26.1. The van der Waals surface area contributed by atoms with Crippen LogP contribution in [0.3, 0.4) is 0 Å². The number of anilines is 1. The molecule has 8 nitrogen and oxygen atoms in total. The first-order chi connectivity index (χ1) is 16.4. The molecule has 0 bridgehead atoms. The van der Waals surface area contributed by atoms with Crippen molar-refractivity contribution in [1.82, 2.24) is 10.2 Å². The van der Waals surface area contributed by atoms with Gasteiger partial charge in [0.2, 0.25) is 5.91 Å². The van der Waals surface area contributed by atoms with Crippen molar-refractivity contribution in [2.24, 2.45) is 5.41 Å². The number of hydrogen-bond acceptors (Lipinski definition) is 7. The summed E-state index contributed by atoms with van der Waals surface area (Å²) < 4.78 is 19.2. The highest BCUT2D eigenvalue weighted by molar-refractivity contribution is 7.17. The molecule has 0 saturated heterocycles. The Morgan fingerprint density at radius 1 is 1.37 bits per heavy atom. The van der Waals surface area contributed by atoms with E-state index in [0.29, 0.717) is 26.8 Å². The second-order valence-corrected chi connectivity index (χ2v) is 10.6. The third kappa shape index (κ3) is 5.41. The summed E-state index contributed by atoms with van der Waals surface area (Å²) >= 11 is 1.18. The van der Waals surface area contributed by atoms with Crippen molar-refractivity contribution in [3.05, 3.63) is 45.6 Å². The van der Waals surface area contributed by atoms with Gasteiger partial charge in [-0.15, -0.1) is 11.3 Å². The Hall–Kier alpha value is -3.16. The van der Waals surface area contributed by atoms with Crippen molar-refractivity contribution >= 4 is 28.2 Å². The maximum Gasteiger partial charge on any atom is 0.258 e. The average Bonchev–Trinajstić information content (AvgIpc) is 3.13. The molecule has 1 aliphatic heterocycles. The van der Waals surface area contributed by atoms with Crippen LogP contribution in [0.1, 0.15) is 60.2 Å². The van der Waals surface area contributed by atoms with Gasteiger partial charge in [0.25, 0.3) is 5.91 Å². The molecule has 2 N–H and O–H groups in total. The van der Waals surface area contributed by atoms with E-state index in [1.807, 2.05) is 13.8 Å². The maximum atomic E-state index is 13.9. The van der Waals surface area contributed by atoms with Crippen LogP contribution in [0.2, 0.25) is 0 Å². The molecule has 1 unspecified atom stereocenters. The summed E-state index contributed by atoms with van der Waals surface area (Å²) in [5.74, 6) is -0.611. The van der Waals surface area contributed by atoms with Crippen molar-refractivity contribution in [2.75, 3.05) is 31.8 Å². The summed E-state index contributed by atoms with van der Waals surface area (Å²) in [6.45, 7) is 9.26. The third-order valence-corrected chi connectivity index (χ3v) is 7.18. The fourth-order valence-corrected chi connectivity index (χ4v) is 5.21. The Morgan fingerprint density at radius 3 is 2.66 bits per heavy atom. The van der Waals surface area contributed by atoms with Crippen LogP contribution in [-0.4, -0.2) is 54.7 Å². The summed E-state index contributed by atoms with van der Waals surface area (Å²) in [7, 11) is 1.44. The number of carbonyl (C=O) groups excluding carboxylic acids is 2. The van der Waals surface area contributed by atoms with E-state index >= 15 is 0 Å². The van der Waals surface area contributed by atoms with Gasteiger partial charge in [-0.2, -0.15) is 5.26 Å². The SMILES string of the molecule is COc1ccc(F)cc1C(O)CN1CN(CC(C)(C)C(=O)NC(C)C)C(=O)c2c1sc(C#N)c2C. The van der Waals surface area contributed by atoms with Gasteiger partial charge in [0, 0.05) is 18.2 Å². The third-order valence-electron chi connectivity index (χ3n) is 5.92. The van der Waals surface area contributed by atoms with Gasteiger partial charge in [0.1, 0.15) is 33.6 Å². The molecule has 0 saturated carbocycles. The largest absolute Gasteiger partial charge is 0.496 e. The lowest BCUT2D eigenvalue weighted by atomic mass is 9.90. The minimum Gasteiger partial charge on any atom is -0.496 e. The monoisotopic (exact) mass is 502 g/mol. The molecule has 2 heterocycles. The number of nitrogens with zero attached hydrogens (tertiary/aromatic N) is 3. The fraction of sp³-hybridized carbons (Fsp3) is 0.480. The number of hydrogen-bond donors (Lipinski definition) is 2. The van der Waals surface area contributed by atoms with Crippen molar-refractivity contribution in [3.63, 3.8) is 0 Å². The van der Waals surface area contributed by atoms with Crippen LogP contribution in [0.25, 0.3) is 0 Å². The Labute approximate surface area is 208 Å². The average molecular weight is 503 g/mol. The van der Waals surface area contributed by atoms with E-state index in [9.17, 15) is 24.3 Å². The number of halogens is 1. The number of β-amino-alcohol motifs (C(OH)–C–C–N with tert-alkyl or cyclic N) is 1. The van der Waals surface area contributed by atoms with Gasteiger partial charge in [-0.3, -0.25) is 9.59 Å². The first-order valence-electron chi connectivity index (χ1n) is 11.3. The number of aliphatic hydroxyl groups excluding tert-OH is 1. The second kappa shape index (κ2) is 10.2. The van der Waals surface area contributed by atoms with Crippen LogP contribution in [0.15, 0.2) is 18.2 Å². The number of thiophene rings is 1. The number of aliphatic hydroxyl groups is 1. The molecule has 0 aliphatic carbocycles. The Bertz CT molecular complexity index is 1170. The first kappa shape index (κ1) is 26.4. The molecule has 0 spiro atoms. The molecule has 1 aromatic carbocycles. The minimum absolute atomic E-state index is 0.0278. The van der Waals surface area contributed by atoms with E-state index in [-0.39, 0.29) is 43.2 Å². The molecule has 10 heteroatoms. The highest BCUT2D eigenvalue weighted by Crippen LogP contribution is 2.41. The predicted molar refractivity (Wildman–Crippen MR) is 132 cm³/mol. The van der Waals surface area contributed by atoms with Gasteiger partial charge in [-0.05, 0) is 58.4 Å². The van der Waals surface area contributed by atoms with E-state index in [1.165, 1.54) is 36.6 Å². The molecule has 0 radical (unpaired) electrons. The van der Waals surface area contributed by atoms with E-state index < -0.39 is 17.3 Å². The lowest BCUT2D eigenvalue weighted by molar-refractivity contribution is -0.130. The topological polar surface area (TPSA) is 106 Å². The number of ether oxygens (including phenoxy) is 1. The smallest absolute Gasteiger partial charge is 0.258 e. The summed E-state index contributed by atoms with van der Waals surface area (Å²) in [5.41, 5.74) is 0.351. The van der Waals surface area contributed by atoms with Crippen molar-refractivity contribution in [2.45, 2.75) is 46.8 Å². The Morgan fingerprint density at radius 2 is 2.06 bits per heavy atom. The lowest BCUT2D eigenvalue weighted by Gasteiger charge is -2.40. The van der Waals surface area contributed by atoms with Gasteiger partial charge in [-0.1, -0.05) is 0 Å². The molecular formula is C25H31FN4O4S. The molecule has 2 aromatic rings. The number of amides is 2. The van der Waals surface area contributed by atoms with Gasteiger partial charge < -0.3 is 25.0 Å². The van der Waals surface area contributed by atoms with Gasteiger partial charge in [0.05, 0.1) is 31.3 Å². The number of rotatable bonds is 8. The van der Waals surface area contributed by atoms with Crippen molar-refractivity contribution in [3.8, 4) is 11.8 Å². The molecule has 3 rings (SSSR count). The van der Waals surface area contributed by atoms with Crippen LogP contribution in [0.4, 0.5) is 9.39 Å². The second-order valence-electron chi connectivity index (χ2n) is 9.63. The number of methoxy groups -OCH3 is 1. The zero-order valence-electron chi connectivity index (χ0n) is 20.8. The molecule has 188 valence electrons. The Kier molecular flexibility index (Phi) is 7.72. The number of carbonyl (C=O) groups is 2. The van der Waals surface area contributed by atoms with Crippen LogP contribution < -0.4 is 15.0 Å². The number of nitriles is 1. The zero-order valence-corrected chi connectivity index (χ0v) is 21.6. The highest BCUT2D eigenvalue weighted by Gasteiger charge is 2.39. The van der Waals surface area contributed by atoms with Crippen molar-refractivity contribution < 1.29 is 23.8 Å². The molecule has 35 heavy (non-hydrogen) atoms. The van der Waals surface area contributed by atoms with Crippen molar-refractivity contribution in [1.29, 1.82) is 5.26 Å². The summed E-state index contributed by atoms with van der Waals surface area (Å²) in [6.07, 6.45) is -1.13. The minimum atomic E-state index is -1.13. The quantitative estimate of drug-likeness (QED) is 0.572. The van der Waals surface area contributed by atoms with E-state index in [2.05, 4.69) is 11.4 Å². The van der Waals surface area contributed by atoms with Gasteiger partial charge in [0.15, 0.2) is 0 Å². The van der Waals surface area contributed by atoms with Crippen LogP contribution >= 0.6 is 11.3 Å². The normalized spacial score (nSPS) is 14.6. The Balaban J connectivity index is 1.97. The number of fused-ring (bicyclic) bond motifs is 1. The molecule has 1 aromatic heterocycles. The molecule has 2 amide bonds. The highest BCUT2D eigenvalue weighted by atomic mass is 32.1. The first-order valence-corrected chi connectivity index (χ1v) is 12.1. The summed E-state index contributed by atoms with van der Waals surface area (Å²) in [6, 6.07) is 6.00. The molecule has 1 aliphatic rings. The molecular weight excluding hydrogens is 471 g/mol. The molecule has 0 fully saturated rings. The van der Waals surface area contributed by atoms with E-state index in [1.54, 1.807) is 30.6 Å². The van der Waals surface area contributed by atoms with Crippen LogP contribution in [-0.2, 0) is 4.79 Å². The van der Waals surface area contributed by atoms with Gasteiger partial charge in [-0.25, -0.2) is 4.39 Å². The summed E-state index contributed by atoms with van der Waals surface area (Å²) in [5, 5.41) is 24.1. The lowest BCUT2D eigenvalue weighted by Crippen LogP contribution is -2.53. The number of benzene rings is 1. The van der Waals surface area contributed by atoms with Gasteiger partial charge >= 0.3 is 0 Å². The maximum absolute atomic E-state index is 13.9. The number of nitrogens with one attached hydrogen (secondary N) is 1.